The number of rotatable bonds is 4. The van der Waals surface area contributed by atoms with E-state index < -0.39 is 0 Å². The third kappa shape index (κ3) is 2.37. The number of benzene rings is 1. The molecule has 3 nitrogen and oxygen atoms in total. The summed E-state index contributed by atoms with van der Waals surface area (Å²) < 4.78 is 15.0. The highest BCUT2D eigenvalue weighted by molar-refractivity contribution is 5.73. The summed E-state index contributed by atoms with van der Waals surface area (Å²) in [6.07, 6.45) is 3.94. The van der Waals surface area contributed by atoms with Crippen molar-refractivity contribution in [1.82, 2.24) is 9.55 Å². The van der Waals surface area contributed by atoms with Crippen molar-refractivity contribution in [3.63, 3.8) is 0 Å². The van der Waals surface area contributed by atoms with Gasteiger partial charge in [-0.3, -0.25) is 0 Å². The molecule has 4 heteroatoms. The fourth-order valence-electron chi connectivity index (χ4n) is 2.00. The van der Waals surface area contributed by atoms with Crippen LogP contribution in [0, 0.1) is 12.7 Å². The Morgan fingerprint density at radius 3 is 2.83 bits per heavy atom. The van der Waals surface area contributed by atoms with Gasteiger partial charge in [0.1, 0.15) is 17.3 Å². The number of hydrogen-bond donors (Lipinski definition) is 1. The number of aromatic nitrogens is 2. The number of halogens is 1. The lowest BCUT2D eigenvalue weighted by atomic mass is 10.1. The number of hydrogen-bond acceptors (Lipinski definition) is 2. The van der Waals surface area contributed by atoms with Gasteiger partial charge in [-0.05, 0) is 37.1 Å². The first-order valence-corrected chi connectivity index (χ1v) is 6.20. The van der Waals surface area contributed by atoms with Gasteiger partial charge in [-0.1, -0.05) is 13.3 Å². The minimum absolute atomic E-state index is 0.236. The van der Waals surface area contributed by atoms with Crippen LogP contribution < -0.4 is 5.73 Å². The van der Waals surface area contributed by atoms with Crippen molar-refractivity contribution < 1.29 is 4.39 Å². The van der Waals surface area contributed by atoms with Crippen molar-refractivity contribution in [2.45, 2.75) is 33.2 Å². The van der Waals surface area contributed by atoms with E-state index in [9.17, 15) is 4.39 Å². The first-order chi connectivity index (χ1) is 8.63. The number of imidazole rings is 1. The zero-order valence-electron chi connectivity index (χ0n) is 10.8. The average molecular weight is 247 g/mol. The zero-order valence-corrected chi connectivity index (χ0v) is 10.8. The molecule has 0 aliphatic carbocycles. The monoisotopic (exact) mass is 247 g/mol. The molecule has 96 valence electrons. The molecule has 0 unspecified atom stereocenters. The average Bonchev–Trinajstić information content (AvgIpc) is 2.68. The molecule has 0 amide bonds. The lowest BCUT2D eigenvalue weighted by Gasteiger charge is -2.06. The molecule has 2 rings (SSSR count). The van der Waals surface area contributed by atoms with Crippen molar-refractivity contribution >= 4 is 5.82 Å². The predicted molar refractivity (Wildman–Crippen MR) is 71.7 cm³/mol. The maximum atomic E-state index is 13.1. The van der Waals surface area contributed by atoms with E-state index in [1.165, 1.54) is 12.1 Å². The van der Waals surface area contributed by atoms with Gasteiger partial charge in [-0.15, -0.1) is 0 Å². The van der Waals surface area contributed by atoms with E-state index in [1.807, 2.05) is 11.5 Å². The maximum absolute atomic E-state index is 13.1. The molecule has 0 atom stereocenters. The Bertz CT molecular complexity index is 546. The minimum atomic E-state index is -0.236. The highest BCUT2D eigenvalue weighted by Crippen LogP contribution is 2.27. The zero-order chi connectivity index (χ0) is 13.1. The van der Waals surface area contributed by atoms with E-state index in [-0.39, 0.29) is 5.82 Å². The molecule has 0 aliphatic heterocycles. The summed E-state index contributed by atoms with van der Waals surface area (Å²) >= 11 is 0. The van der Waals surface area contributed by atoms with Crippen LogP contribution in [0.25, 0.3) is 11.3 Å². The van der Waals surface area contributed by atoms with Crippen LogP contribution in [0.2, 0.25) is 0 Å². The van der Waals surface area contributed by atoms with E-state index in [1.54, 1.807) is 12.4 Å². The second-order valence-electron chi connectivity index (χ2n) is 4.48. The van der Waals surface area contributed by atoms with E-state index in [0.29, 0.717) is 5.82 Å². The number of nitrogens with two attached hydrogens (primary N) is 1. The quantitative estimate of drug-likeness (QED) is 0.900. The molecule has 0 saturated carbocycles. The normalized spacial score (nSPS) is 10.8. The van der Waals surface area contributed by atoms with E-state index in [2.05, 4.69) is 11.9 Å². The Labute approximate surface area is 106 Å². The summed E-state index contributed by atoms with van der Waals surface area (Å²) in [7, 11) is 0. The lowest BCUT2D eigenvalue weighted by molar-refractivity contribution is 0.627. The van der Waals surface area contributed by atoms with Gasteiger partial charge in [0, 0.05) is 12.1 Å². The second-order valence-corrected chi connectivity index (χ2v) is 4.48. The summed E-state index contributed by atoms with van der Waals surface area (Å²) in [6, 6.07) is 4.67. The van der Waals surface area contributed by atoms with Gasteiger partial charge >= 0.3 is 0 Å². The number of nitrogen functional groups attached to an aromatic ring is 1. The molecular weight excluding hydrogens is 229 g/mol. The molecule has 0 saturated heterocycles. The van der Waals surface area contributed by atoms with Crippen LogP contribution >= 0.6 is 0 Å². The Morgan fingerprint density at radius 1 is 1.39 bits per heavy atom. The molecule has 1 aromatic heterocycles. The topological polar surface area (TPSA) is 43.8 Å². The molecule has 2 aromatic rings. The summed E-state index contributed by atoms with van der Waals surface area (Å²) in [6.45, 7) is 4.87. The van der Waals surface area contributed by atoms with Crippen LogP contribution in [0.1, 0.15) is 25.3 Å². The van der Waals surface area contributed by atoms with Crippen molar-refractivity contribution in [1.29, 1.82) is 0 Å². The van der Waals surface area contributed by atoms with Crippen molar-refractivity contribution in [3.05, 3.63) is 35.9 Å². The molecule has 1 heterocycles. The van der Waals surface area contributed by atoms with Crippen molar-refractivity contribution in [3.8, 4) is 11.3 Å². The van der Waals surface area contributed by atoms with Crippen LogP contribution in [0.5, 0.6) is 0 Å². The van der Waals surface area contributed by atoms with Gasteiger partial charge in [-0.2, -0.15) is 0 Å². The van der Waals surface area contributed by atoms with Gasteiger partial charge in [0.15, 0.2) is 0 Å². The third-order valence-corrected chi connectivity index (χ3v) is 3.07. The van der Waals surface area contributed by atoms with Crippen LogP contribution in [0.15, 0.2) is 24.5 Å². The van der Waals surface area contributed by atoms with Crippen LogP contribution in [0.3, 0.4) is 0 Å². The molecule has 0 spiro atoms. The van der Waals surface area contributed by atoms with Gasteiger partial charge in [0.25, 0.3) is 0 Å². The second kappa shape index (κ2) is 5.21. The van der Waals surface area contributed by atoms with Gasteiger partial charge in [-0.25, -0.2) is 9.37 Å². The Kier molecular flexibility index (Phi) is 3.65. The number of unbranched alkanes of at least 4 members (excludes halogenated alkanes) is 1. The third-order valence-electron chi connectivity index (χ3n) is 3.07. The van der Waals surface area contributed by atoms with Crippen molar-refractivity contribution in [2.24, 2.45) is 0 Å². The summed E-state index contributed by atoms with van der Waals surface area (Å²) in [5.41, 5.74) is 8.57. The SMILES string of the molecule is CCCCn1cnc(-c2ccc(F)cc2C)c1N. The fraction of sp³-hybridized carbons (Fsp3) is 0.357. The standard InChI is InChI=1S/C14H18FN3/c1-3-4-7-18-9-17-13(14(18)16)12-6-5-11(15)8-10(12)2/h5-6,8-9H,3-4,7,16H2,1-2H3. The number of nitrogens with zero attached hydrogens (tertiary/aromatic N) is 2. The summed E-state index contributed by atoms with van der Waals surface area (Å²) in [5, 5.41) is 0. The highest BCUT2D eigenvalue weighted by atomic mass is 19.1. The minimum Gasteiger partial charge on any atom is -0.383 e. The van der Waals surface area contributed by atoms with E-state index >= 15 is 0 Å². The van der Waals surface area contributed by atoms with Crippen LogP contribution in [-0.2, 0) is 6.54 Å². The Hall–Kier alpha value is -1.84. The molecular formula is C14H18FN3. The molecule has 18 heavy (non-hydrogen) atoms. The maximum Gasteiger partial charge on any atom is 0.131 e. The molecule has 0 radical (unpaired) electrons. The molecule has 0 fully saturated rings. The molecule has 1 aromatic carbocycles. The molecule has 0 aliphatic rings. The van der Waals surface area contributed by atoms with E-state index in [4.69, 9.17) is 5.73 Å². The van der Waals surface area contributed by atoms with Gasteiger partial charge in [0.2, 0.25) is 0 Å². The first-order valence-electron chi connectivity index (χ1n) is 6.20. The molecule has 0 bridgehead atoms. The van der Waals surface area contributed by atoms with Crippen LogP contribution in [-0.4, -0.2) is 9.55 Å². The van der Waals surface area contributed by atoms with E-state index in [0.717, 1.165) is 36.2 Å². The smallest absolute Gasteiger partial charge is 0.131 e. The Morgan fingerprint density at radius 2 is 2.17 bits per heavy atom. The van der Waals surface area contributed by atoms with Gasteiger partial charge < -0.3 is 10.3 Å². The summed E-state index contributed by atoms with van der Waals surface area (Å²) in [5.74, 6) is 0.415. The summed E-state index contributed by atoms with van der Waals surface area (Å²) in [4.78, 5) is 4.34. The van der Waals surface area contributed by atoms with Crippen molar-refractivity contribution in [2.75, 3.05) is 5.73 Å². The Balaban J connectivity index is 2.36. The predicted octanol–water partition coefficient (Wildman–Crippen LogP) is 3.38. The highest BCUT2D eigenvalue weighted by Gasteiger charge is 2.12. The fourth-order valence-corrected chi connectivity index (χ4v) is 2.00. The number of anilines is 1. The van der Waals surface area contributed by atoms with Gasteiger partial charge in [0.05, 0.1) is 6.33 Å². The molecule has 2 N–H and O–H groups in total. The number of aryl methyl sites for hydroxylation is 2. The lowest BCUT2D eigenvalue weighted by Crippen LogP contribution is -2.02. The van der Waals surface area contributed by atoms with Crippen LogP contribution in [0.4, 0.5) is 10.2 Å². The first kappa shape index (κ1) is 12.6. The largest absolute Gasteiger partial charge is 0.383 e.